The molecule has 2 aromatic rings. The van der Waals surface area contributed by atoms with Crippen molar-refractivity contribution in [3.63, 3.8) is 0 Å². The number of ether oxygens (including phenoxy) is 1. The third kappa shape index (κ3) is 3.08. The van der Waals surface area contributed by atoms with Gasteiger partial charge in [-0.05, 0) is 56.1 Å². The van der Waals surface area contributed by atoms with E-state index in [2.05, 4.69) is 17.1 Å². The highest BCUT2D eigenvalue weighted by Crippen LogP contribution is 2.25. The van der Waals surface area contributed by atoms with Crippen molar-refractivity contribution in [3.05, 3.63) is 53.3 Å². The molecular weight excluding hydrogens is 224 g/mol. The molecule has 1 aromatic carbocycles. The molecule has 1 aromatic heterocycles. The third-order valence-corrected chi connectivity index (χ3v) is 2.80. The van der Waals surface area contributed by atoms with Crippen LogP contribution in [0.5, 0.6) is 11.5 Å². The minimum absolute atomic E-state index is 0.647. The smallest absolute Gasteiger partial charge is 0.145 e. The van der Waals surface area contributed by atoms with Crippen molar-refractivity contribution in [1.29, 1.82) is 0 Å². The van der Waals surface area contributed by atoms with E-state index in [0.29, 0.717) is 6.54 Å². The lowest BCUT2D eigenvalue weighted by Crippen LogP contribution is -2.03. The van der Waals surface area contributed by atoms with Crippen LogP contribution < -0.4 is 10.5 Å². The highest BCUT2D eigenvalue weighted by atomic mass is 16.5. The van der Waals surface area contributed by atoms with Crippen LogP contribution in [-0.2, 0) is 6.42 Å². The van der Waals surface area contributed by atoms with E-state index >= 15 is 0 Å². The van der Waals surface area contributed by atoms with E-state index in [9.17, 15) is 0 Å². The van der Waals surface area contributed by atoms with Crippen LogP contribution >= 0.6 is 0 Å². The van der Waals surface area contributed by atoms with Gasteiger partial charge in [-0.25, -0.2) is 0 Å². The molecular formula is C15H18N2O. The zero-order valence-electron chi connectivity index (χ0n) is 10.8. The van der Waals surface area contributed by atoms with Gasteiger partial charge in [0.2, 0.25) is 0 Å². The first-order valence-corrected chi connectivity index (χ1v) is 6.09. The van der Waals surface area contributed by atoms with Crippen LogP contribution in [-0.4, -0.2) is 11.5 Å². The fourth-order valence-electron chi connectivity index (χ4n) is 1.72. The monoisotopic (exact) mass is 242 g/mol. The molecule has 18 heavy (non-hydrogen) atoms. The molecule has 0 atom stereocenters. The summed E-state index contributed by atoms with van der Waals surface area (Å²) in [5.41, 5.74) is 8.85. The zero-order chi connectivity index (χ0) is 13.0. The van der Waals surface area contributed by atoms with Gasteiger partial charge in [0.1, 0.15) is 11.5 Å². The second-order valence-corrected chi connectivity index (χ2v) is 4.38. The Morgan fingerprint density at radius 1 is 1.17 bits per heavy atom. The minimum Gasteiger partial charge on any atom is -0.455 e. The predicted octanol–water partition coefficient (Wildman–Crippen LogP) is 2.99. The van der Waals surface area contributed by atoms with E-state index in [1.165, 1.54) is 5.56 Å². The van der Waals surface area contributed by atoms with Crippen molar-refractivity contribution < 1.29 is 4.74 Å². The van der Waals surface area contributed by atoms with Crippen molar-refractivity contribution in [2.75, 3.05) is 6.54 Å². The van der Waals surface area contributed by atoms with E-state index in [-0.39, 0.29) is 0 Å². The van der Waals surface area contributed by atoms with Crippen molar-refractivity contribution in [1.82, 2.24) is 4.98 Å². The summed E-state index contributed by atoms with van der Waals surface area (Å²) in [6.45, 7) is 4.63. The molecule has 1 heterocycles. The largest absolute Gasteiger partial charge is 0.455 e. The minimum atomic E-state index is 0.647. The van der Waals surface area contributed by atoms with Crippen LogP contribution in [0.2, 0.25) is 0 Å². The fraction of sp³-hybridized carbons (Fsp3) is 0.267. The van der Waals surface area contributed by atoms with Crippen molar-refractivity contribution in [2.45, 2.75) is 20.3 Å². The SMILES string of the molecule is Cc1ccc(Oc2cc(CCN)ccc2C)cn1. The van der Waals surface area contributed by atoms with Gasteiger partial charge >= 0.3 is 0 Å². The van der Waals surface area contributed by atoms with Gasteiger partial charge in [0.25, 0.3) is 0 Å². The Labute approximate surface area is 108 Å². The van der Waals surface area contributed by atoms with Gasteiger partial charge in [0, 0.05) is 5.69 Å². The second kappa shape index (κ2) is 5.65. The second-order valence-electron chi connectivity index (χ2n) is 4.38. The predicted molar refractivity (Wildman–Crippen MR) is 73.0 cm³/mol. The van der Waals surface area contributed by atoms with Crippen LogP contribution in [0.4, 0.5) is 0 Å². The molecule has 0 spiro atoms. The van der Waals surface area contributed by atoms with Gasteiger partial charge in [0.15, 0.2) is 0 Å². The number of benzene rings is 1. The van der Waals surface area contributed by atoms with E-state index in [4.69, 9.17) is 10.5 Å². The Morgan fingerprint density at radius 3 is 2.67 bits per heavy atom. The fourth-order valence-corrected chi connectivity index (χ4v) is 1.72. The van der Waals surface area contributed by atoms with Crippen molar-refractivity contribution in [3.8, 4) is 11.5 Å². The van der Waals surface area contributed by atoms with Crippen LogP contribution in [0.1, 0.15) is 16.8 Å². The van der Waals surface area contributed by atoms with Gasteiger partial charge in [0.05, 0.1) is 6.20 Å². The Kier molecular flexibility index (Phi) is 3.95. The summed E-state index contributed by atoms with van der Waals surface area (Å²) < 4.78 is 5.85. The normalized spacial score (nSPS) is 10.4. The molecule has 0 aliphatic heterocycles. The lowest BCUT2D eigenvalue weighted by Gasteiger charge is -2.10. The summed E-state index contributed by atoms with van der Waals surface area (Å²) in [6, 6.07) is 10.1. The average Bonchev–Trinajstić information content (AvgIpc) is 2.36. The molecule has 0 aliphatic carbocycles. The summed E-state index contributed by atoms with van der Waals surface area (Å²) in [7, 11) is 0. The molecule has 0 aliphatic rings. The molecule has 0 amide bonds. The number of aromatic nitrogens is 1. The van der Waals surface area contributed by atoms with E-state index in [0.717, 1.165) is 29.2 Å². The number of nitrogens with two attached hydrogens (primary N) is 1. The van der Waals surface area contributed by atoms with Crippen LogP contribution in [0.3, 0.4) is 0 Å². The Hall–Kier alpha value is -1.87. The Bertz CT molecular complexity index is 521. The molecule has 0 unspecified atom stereocenters. The van der Waals surface area contributed by atoms with E-state index in [1.54, 1.807) is 6.20 Å². The molecule has 94 valence electrons. The quantitative estimate of drug-likeness (QED) is 0.896. The number of nitrogens with zero attached hydrogens (tertiary/aromatic N) is 1. The van der Waals surface area contributed by atoms with Gasteiger partial charge in [-0.3, -0.25) is 4.98 Å². The summed E-state index contributed by atoms with van der Waals surface area (Å²) in [4.78, 5) is 4.22. The molecule has 0 radical (unpaired) electrons. The molecule has 0 bridgehead atoms. The van der Waals surface area contributed by atoms with Crippen molar-refractivity contribution in [2.24, 2.45) is 5.73 Å². The summed E-state index contributed by atoms with van der Waals surface area (Å²) in [5, 5.41) is 0. The van der Waals surface area contributed by atoms with E-state index < -0.39 is 0 Å². The summed E-state index contributed by atoms with van der Waals surface area (Å²) in [5.74, 6) is 1.63. The maximum absolute atomic E-state index is 5.85. The van der Waals surface area contributed by atoms with E-state index in [1.807, 2.05) is 32.0 Å². The van der Waals surface area contributed by atoms with Gasteiger partial charge < -0.3 is 10.5 Å². The number of pyridine rings is 1. The lowest BCUT2D eigenvalue weighted by atomic mass is 10.1. The standard InChI is InChI=1S/C15H18N2O/c1-11-3-5-13(7-8-16)9-15(11)18-14-6-4-12(2)17-10-14/h3-6,9-10H,7-8,16H2,1-2H3. The van der Waals surface area contributed by atoms with Gasteiger partial charge in [-0.2, -0.15) is 0 Å². The number of hydrogen-bond acceptors (Lipinski definition) is 3. The lowest BCUT2D eigenvalue weighted by molar-refractivity contribution is 0.475. The van der Waals surface area contributed by atoms with Crippen LogP contribution in [0.15, 0.2) is 36.5 Å². The number of hydrogen-bond donors (Lipinski definition) is 1. The summed E-state index contributed by atoms with van der Waals surface area (Å²) in [6.07, 6.45) is 2.60. The molecule has 0 fully saturated rings. The molecule has 2 N–H and O–H groups in total. The van der Waals surface area contributed by atoms with Crippen LogP contribution in [0.25, 0.3) is 0 Å². The number of rotatable bonds is 4. The first-order valence-electron chi connectivity index (χ1n) is 6.09. The first kappa shape index (κ1) is 12.6. The summed E-state index contributed by atoms with van der Waals surface area (Å²) >= 11 is 0. The molecule has 2 rings (SSSR count). The molecule has 0 saturated heterocycles. The Morgan fingerprint density at radius 2 is 2.00 bits per heavy atom. The topological polar surface area (TPSA) is 48.1 Å². The third-order valence-electron chi connectivity index (χ3n) is 2.80. The highest BCUT2D eigenvalue weighted by Gasteiger charge is 2.03. The maximum Gasteiger partial charge on any atom is 0.145 e. The van der Waals surface area contributed by atoms with Gasteiger partial charge in [-0.1, -0.05) is 12.1 Å². The van der Waals surface area contributed by atoms with Crippen molar-refractivity contribution >= 4 is 0 Å². The Balaban J connectivity index is 2.22. The maximum atomic E-state index is 5.85. The molecule has 0 saturated carbocycles. The first-order chi connectivity index (χ1) is 8.69. The average molecular weight is 242 g/mol. The zero-order valence-corrected chi connectivity index (χ0v) is 10.8. The van der Waals surface area contributed by atoms with Crippen LogP contribution in [0, 0.1) is 13.8 Å². The highest BCUT2D eigenvalue weighted by molar-refractivity contribution is 5.39. The van der Waals surface area contributed by atoms with Gasteiger partial charge in [-0.15, -0.1) is 0 Å². The number of aryl methyl sites for hydroxylation is 2. The molecule has 3 heteroatoms. The molecule has 3 nitrogen and oxygen atoms in total.